The summed E-state index contributed by atoms with van der Waals surface area (Å²) in [6.45, 7) is 0. The lowest BCUT2D eigenvalue weighted by Crippen LogP contribution is -2.21. The van der Waals surface area contributed by atoms with Crippen molar-refractivity contribution in [1.29, 1.82) is 0 Å². The maximum atomic E-state index is 11.8. The summed E-state index contributed by atoms with van der Waals surface area (Å²) in [5, 5.41) is 6.76. The van der Waals surface area contributed by atoms with Gasteiger partial charge in [-0.1, -0.05) is 0 Å². The van der Waals surface area contributed by atoms with Gasteiger partial charge in [-0.25, -0.2) is 9.89 Å². The predicted molar refractivity (Wildman–Crippen MR) is 76.8 cm³/mol. The third-order valence-corrected chi connectivity index (χ3v) is 3.84. The second-order valence-corrected chi connectivity index (χ2v) is 5.43. The Morgan fingerprint density at radius 2 is 2.15 bits per heavy atom. The Balaban J connectivity index is 2.29. The number of hydrogen-bond donors (Lipinski definition) is 2. The first-order chi connectivity index (χ1) is 9.40. The molecule has 2 aromatic rings. The molecule has 2 rings (SSSR count). The highest BCUT2D eigenvalue weighted by molar-refractivity contribution is 7.99. The second-order valence-electron chi connectivity index (χ2n) is 4.42. The van der Waals surface area contributed by atoms with Crippen LogP contribution in [0.4, 0.5) is 5.69 Å². The maximum absolute atomic E-state index is 11.8. The summed E-state index contributed by atoms with van der Waals surface area (Å²) in [4.78, 5) is 25.3. The number of aromatic nitrogens is 3. The fourth-order valence-electron chi connectivity index (χ4n) is 1.55. The van der Waals surface area contributed by atoms with E-state index in [9.17, 15) is 9.59 Å². The number of nitrogen functional groups attached to an aromatic ring is 1. The standard InChI is InChI=1S/C12H15N5O2S/c1-16(2)10(18)7-4-5-9(8(13)6-7)20-12-15-14-11(19)17(12)3/h4-6H,13H2,1-3H3,(H,14,19). The molecule has 0 bridgehead atoms. The van der Waals surface area contributed by atoms with Gasteiger partial charge in [0, 0.05) is 37.3 Å². The first-order valence-electron chi connectivity index (χ1n) is 5.80. The van der Waals surface area contributed by atoms with E-state index in [1.165, 1.54) is 21.2 Å². The monoisotopic (exact) mass is 293 g/mol. The van der Waals surface area contributed by atoms with Gasteiger partial charge in [-0.15, -0.1) is 5.10 Å². The lowest BCUT2D eigenvalue weighted by molar-refractivity contribution is 0.0827. The van der Waals surface area contributed by atoms with E-state index in [-0.39, 0.29) is 11.6 Å². The van der Waals surface area contributed by atoms with Crippen LogP contribution in [0.1, 0.15) is 10.4 Å². The Hall–Kier alpha value is -2.22. The van der Waals surface area contributed by atoms with E-state index in [2.05, 4.69) is 10.2 Å². The highest BCUT2D eigenvalue weighted by Crippen LogP contribution is 2.30. The van der Waals surface area contributed by atoms with Crippen molar-refractivity contribution < 1.29 is 4.79 Å². The van der Waals surface area contributed by atoms with Crippen LogP contribution in [0.15, 0.2) is 33.0 Å². The molecular formula is C12H15N5O2S. The van der Waals surface area contributed by atoms with Crippen LogP contribution < -0.4 is 11.4 Å². The second kappa shape index (κ2) is 5.41. The molecule has 8 heteroatoms. The molecule has 20 heavy (non-hydrogen) atoms. The number of nitrogens with two attached hydrogens (primary N) is 1. The SMILES string of the molecule is CN(C)C(=O)c1ccc(Sc2n[nH]c(=O)n2C)c(N)c1. The van der Waals surface area contributed by atoms with E-state index < -0.39 is 0 Å². The number of nitrogens with zero attached hydrogens (tertiary/aromatic N) is 3. The van der Waals surface area contributed by atoms with Crippen molar-refractivity contribution in [3.05, 3.63) is 34.2 Å². The highest BCUT2D eigenvalue weighted by atomic mass is 32.2. The van der Waals surface area contributed by atoms with Crippen LogP contribution in [-0.4, -0.2) is 39.7 Å². The molecule has 0 aliphatic heterocycles. The Labute approximate surface area is 119 Å². The molecule has 7 nitrogen and oxygen atoms in total. The zero-order valence-electron chi connectivity index (χ0n) is 11.4. The number of benzene rings is 1. The number of carbonyl (C=O) groups excluding carboxylic acids is 1. The number of nitrogens with one attached hydrogen (secondary N) is 1. The Bertz CT molecular complexity index is 704. The summed E-state index contributed by atoms with van der Waals surface area (Å²) < 4.78 is 1.39. The van der Waals surface area contributed by atoms with Crippen molar-refractivity contribution >= 4 is 23.4 Å². The van der Waals surface area contributed by atoms with Gasteiger partial charge in [0.1, 0.15) is 0 Å². The minimum absolute atomic E-state index is 0.111. The van der Waals surface area contributed by atoms with Gasteiger partial charge in [-0.05, 0) is 30.0 Å². The first-order valence-corrected chi connectivity index (χ1v) is 6.62. The van der Waals surface area contributed by atoms with Crippen LogP contribution in [0.2, 0.25) is 0 Å². The normalized spacial score (nSPS) is 10.6. The number of amides is 1. The average molecular weight is 293 g/mol. The topological polar surface area (TPSA) is 97.0 Å². The van der Waals surface area contributed by atoms with E-state index in [1.54, 1.807) is 39.3 Å². The molecule has 0 saturated heterocycles. The fraction of sp³-hybridized carbons (Fsp3) is 0.250. The van der Waals surface area contributed by atoms with Gasteiger partial charge in [0.15, 0.2) is 5.16 Å². The summed E-state index contributed by atoms with van der Waals surface area (Å²) >= 11 is 1.26. The van der Waals surface area contributed by atoms with Gasteiger partial charge in [0.2, 0.25) is 0 Å². The van der Waals surface area contributed by atoms with Crippen molar-refractivity contribution in [3.8, 4) is 0 Å². The van der Waals surface area contributed by atoms with Crippen LogP contribution in [0.3, 0.4) is 0 Å². The van der Waals surface area contributed by atoms with Crippen molar-refractivity contribution in [3.63, 3.8) is 0 Å². The molecule has 0 saturated carbocycles. The maximum Gasteiger partial charge on any atom is 0.343 e. The number of H-pyrrole nitrogens is 1. The smallest absolute Gasteiger partial charge is 0.343 e. The third kappa shape index (κ3) is 2.69. The van der Waals surface area contributed by atoms with Gasteiger partial charge < -0.3 is 10.6 Å². The third-order valence-electron chi connectivity index (χ3n) is 2.70. The average Bonchev–Trinajstić information content (AvgIpc) is 2.72. The molecular weight excluding hydrogens is 278 g/mol. The summed E-state index contributed by atoms with van der Waals surface area (Å²) in [5.41, 5.74) is 6.65. The Morgan fingerprint density at radius 1 is 1.45 bits per heavy atom. The minimum Gasteiger partial charge on any atom is -0.398 e. The van der Waals surface area contributed by atoms with E-state index >= 15 is 0 Å². The van der Waals surface area contributed by atoms with E-state index in [4.69, 9.17) is 5.73 Å². The molecule has 0 aliphatic rings. The van der Waals surface area contributed by atoms with Gasteiger partial charge in [0.05, 0.1) is 0 Å². The highest BCUT2D eigenvalue weighted by Gasteiger charge is 2.12. The molecule has 1 amide bonds. The first kappa shape index (κ1) is 14.2. The van der Waals surface area contributed by atoms with Gasteiger partial charge in [0.25, 0.3) is 5.91 Å². The molecule has 3 N–H and O–H groups in total. The largest absolute Gasteiger partial charge is 0.398 e. The molecule has 1 aromatic carbocycles. The van der Waals surface area contributed by atoms with E-state index in [1.807, 2.05) is 0 Å². The molecule has 0 fully saturated rings. The summed E-state index contributed by atoms with van der Waals surface area (Å²) in [5.74, 6) is -0.111. The molecule has 1 heterocycles. The van der Waals surface area contributed by atoms with Crippen LogP contribution in [0.25, 0.3) is 0 Å². The summed E-state index contributed by atoms with van der Waals surface area (Å²) in [6, 6.07) is 5.07. The zero-order chi connectivity index (χ0) is 14.9. The minimum atomic E-state index is -0.287. The van der Waals surface area contributed by atoms with Crippen molar-refractivity contribution in [2.75, 3.05) is 19.8 Å². The molecule has 1 aromatic heterocycles. The van der Waals surface area contributed by atoms with Crippen LogP contribution in [-0.2, 0) is 7.05 Å². The lowest BCUT2D eigenvalue weighted by atomic mass is 10.2. The molecule has 0 spiro atoms. The molecule has 0 aliphatic carbocycles. The Morgan fingerprint density at radius 3 is 2.65 bits per heavy atom. The molecule has 0 unspecified atom stereocenters. The van der Waals surface area contributed by atoms with Crippen LogP contribution in [0.5, 0.6) is 0 Å². The van der Waals surface area contributed by atoms with Gasteiger partial charge >= 0.3 is 5.69 Å². The van der Waals surface area contributed by atoms with Gasteiger partial charge in [-0.3, -0.25) is 9.36 Å². The molecule has 106 valence electrons. The fourth-order valence-corrected chi connectivity index (χ4v) is 2.38. The summed E-state index contributed by atoms with van der Waals surface area (Å²) in [7, 11) is 4.98. The van der Waals surface area contributed by atoms with Crippen molar-refractivity contribution in [2.45, 2.75) is 10.1 Å². The van der Waals surface area contributed by atoms with Crippen molar-refractivity contribution in [1.82, 2.24) is 19.7 Å². The predicted octanol–water partition coefficient (Wildman–Crippen LogP) is 0.544. The molecule has 0 radical (unpaired) electrons. The molecule has 0 atom stereocenters. The number of aromatic amines is 1. The van der Waals surface area contributed by atoms with E-state index in [0.29, 0.717) is 16.4 Å². The number of rotatable bonds is 3. The zero-order valence-corrected chi connectivity index (χ0v) is 12.2. The quantitative estimate of drug-likeness (QED) is 0.805. The van der Waals surface area contributed by atoms with E-state index in [0.717, 1.165) is 4.90 Å². The van der Waals surface area contributed by atoms with Gasteiger partial charge in [-0.2, -0.15) is 0 Å². The number of hydrogen-bond acceptors (Lipinski definition) is 5. The summed E-state index contributed by atoms with van der Waals surface area (Å²) in [6.07, 6.45) is 0. The van der Waals surface area contributed by atoms with Crippen molar-refractivity contribution in [2.24, 2.45) is 7.05 Å². The van der Waals surface area contributed by atoms with Crippen LogP contribution in [0, 0.1) is 0 Å². The lowest BCUT2D eigenvalue weighted by Gasteiger charge is -2.12. The number of anilines is 1. The number of carbonyl (C=O) groups is 1. The Kier molecular flexibility index (Phi) is 3.84. The van der Waals surface area contributed by atoms with Crippen LogP contribution >= 0.6 is 11.8 Å².